The smallest absolute Gasteiger partial charge is 0.137 e. The van der Waals surface area contributed by atoms with Gasteiger partial charge in [-0.2, -0.15) is 0 Å². The lowest BCUT2D eigenvalue weighted by Gasteiger charge is -2.39. The van der Waals surface area contributed by atoms with Crippen LogP contribution in [0.2, 0.25) is 0 Å². The molecule has 0 aromatic heterocycles. The zero-order valence-corrected chi connectivity index (χ0v) is 11.4. The number of rotatable bonds is 0. The van der Waals surface area contributed by atoms with Crippen molar-refractivity contribution in [3.63, 3.8) is 0 Å². The third-order valence-corrected chi connectivity index (χ3v) is 3.68. The first-order chi connectivity index (χ1) is 7.03. The van der Waals surface area contributed by atoms with Crippen LogP contribution < -0.4 is 0 Å². The van der Waals surface area contributed by atoms with E-state index in [0.717, 1.165) is 0 Å². The van der Waals surface area contributed by atoms with Crippen molar-refractivity contribution < 1.29 is 9.59 Å². The van der Waals surface area contributed by atoms with E-state index in [9.17, 15) is 9.59 Å². The van der Waals surface area contributed by atoms with Crippen molar-refractivity contribution in [2.24, 2.45) is 22.7 Å². The van der Waals surface area contributed by atoms with Gasteiger partial charge in [0.15, 0.2) is 0 Å². The van der Waals surface area contributed by atoms with E-state index in [1.807, 2.05) is 41.5 Å². The van der Waals surface area contributed by atoms with E-state index in [4.69, 9.17) is 0 Å². The van der Waals surface area contributed by atoms with Gasteiger partial charge < -0.3 is 0 Å². The van der Waals surface area contributed by atoms with Gasteiger partial charge in [0, 0.05) is 24.7 Å². The fourth-order valence-corrected chi connectivity index (χ4v) is 2.49. The van der Waals surface area contributed by atoms with Crippen LogP contribution in [0.25, 0.3) is 0 Å². The minimum absolute atomic E-state index is 0.0846. The molecule has 2 nitrogen and oxygen atoms in total. The molecule has 0 bridgehead atoms. The highest BCUT2D eigenvalue weighted by Gasteiger charge is 2.44. The maximum atomic E-state index is 12.1. The van der Waals surface area contributed by atoms with Crippen LogP contribution in [0.4, 0.5) is 0 Å². The fraction of sp³-hybridized carbons (Fsp3) is 0.857. The molecule has 0 N–H and O–H groups in total. The molecule has 0 amide bonds. The highest BCUT2D eigenvalue weighted by molar-refractivity contribution is 5.97. The maximum absolute atomic E-state index is 12.1. The molecular weight excluding hydrogens is 200 g/mol. The second-order valence-corrected chi connectivity index (χ2v) is 7.18. The van der Waals surface area contributed by atoms with Crippen molar-refractivity contribution in [1.82, 2.24) is 0 Å². The Balaban J connectivity index is 2.88. The summed E-state index contributed by atoms with van der Waals surface area (Å²) in [5.74, 6) is 0.372. The van der Waals surface area contributed by atoms with E-state index in [-0.39, 0.29) is 34.2 Å². The minimum Gasteiger partial charge on any atom is -0.299 e. The zero-order chi connectivity index (χ0) is 12.7. The Morgan fingerprint density at radius 2 is 1.00 bits per heavy atom. The summed E-state index contributed by atoms with van der Waals surface area (Å²) in [5, 5.41) is 0. The first kappa shape index (κ1) is 13.4. The van der Waals surface area contributed by atoms with Crippen LogP contribution in [-0.4, -0.2) is 11.6 Å². The molecule has 0 spiro atoms. The average molecular weight is 224 g/mol. The number of hydrogen-bond donors (Lipinski definition) is 0. The standard InChI is InChI=1S/C14H24O2/c1-13(2,3)9-7-12(16)10(8-11(9)15)14(4,5)6/h9-10H,7-8H2,1-6H3/t9-,10+. The zero-order valence-electron chi connectivity index (χ0n) is 11.4. The van der Waals surface area contributed by atoms with Crippen molar-refractivity contribution in [3.8, 4) is 0 Å². The molecule has 1 aliphatic rings. The summed E-state index contributed by atoms with van der Waals surface area (Å²) in [7, 11) is 0. The van der Waals surface area contributed by atoms with Crippen molar-refractivity contribution in [2.45, 2.75) is 54.4 Å². The molecule has 0 unspecified atom stereocenters. The van der Waals surface area contributed by atoms with Crippen LogP contribution in [-0.2, 0) is 9.59 Å². The molecule has 0 saturated heterocycles. The van der Waals surface area contributed by atoms with Crippen molar-refractivity contribution >= 4 is 11.6 Å². The number of hydrogen-bond acceptors (Lipinski definition) is 2. The highest BCUT2D eigenvalue weighted by Crippen LogP contribution is 2.41. The topological polar surface area (TPSA) is 34.1 Å². The fourth-order valence-electron chi connectivity index (χ4n) is 2.49. The SMILES string of the molecule is CC(C)(C)[C@@H]1CC(=O)[C@@H](C(C)(C)C)CC1=O. The van der Waals surface area contributed by atoms with Crippen LogP contribution in [0.5, 0.6) is 0 Å². The Kier molecular flexibility index (Phi) is 3.33. The molecule has 1 aliphatic carbocycles. The molecule has 92 valence electrons. The molecule has 0 aliphatic heterocycles. The predicted molar refractivity (Wildman–Crippen MR) is 65.1 cm³/mol. The summed E-state index contributed by atoms with van der Waals surface area (Å²) in [4.78, 5) is 24.2. The number of ketones is 2. The Hall–Kier alpha value is -0.660. The van der Waals surface area contributed by atoms with E-state index in [1.54, 1.807) is 0 Å². The van der Waals surface area contributed by atoms with E-state index in [0.29, 0.717) is 12.8 Å². The minimum atomic E-state index is -0.0877. The summed E-state index contributed by atoms with van der Waals surface area (Å²) < 4.78 is 0. The van der Waals surface area contributed by atoms with Crippen LogP contribution in [0, 0.1) is 22.7 Å². The third kappa shape index (κ3) is 2.72. The molecule has 0 radical (unpaired) electrons. The Bertz CT molecular complexity index is 270. The molecule has 0 aromatic carbocycles. The average Bonchev–Trinajstić information content (AvgIpc) is 2.04. The van der Waals surface area contributed by atoms with Gasteiger partial charge in [-0.1, -0.05) is 41.5 Å². The van der Waals surface area contributed by atoms with Crippen molar-refractivity contribution in [2.75, 3.05) is 0 Å². The molecule has 2 heteroatoms. The summed E-state index contributed by atoms with van der Waals surface area (Å²) in [5.41, 5.74) is -0.175. The Labute approximate surface area is 98.8 Å². The van der Waals surface area contributed by atoms with Crippen molar-refractivity contribution in [1.29, 1.82) is 0 Å². The summed E-state index contributed by atoms with van der Waals surface area (Å²) >= 11 is 0. The van der Waals surface area contributed by atoms with Gasteiger partial charge in [-0.15, -0.1) is 0 Å². The quantitative estimate of drug-likeness (QED) is 0.633. The normalized spacial score (nSPS) is 28.4. The largest absolute Gasteiger partial charge is 0.299 e. The molecule has 0 heterocycles. The van der Waals surface area contributed by atoms with Gasteiger partial charge in [0.2, 0.25) is 0 Å². The Morgan fingerprint density at radius 1 is 0.750 bits per heavy atom. The summed E-state index contributed by atoms with van der Waals surface area (Å²) in [6.45, 7) is 12.3. The van der Waals surface area contributed by atoms with Gasteiger partial charge in [0.25, 0.3) is 0 Å². The van der Waals surface area contributed by atoms with Crippen LogP contribution in [0.3, 0.4) is 0 Å². The first-order valence-electron chi connectivity index (χ1n) is 6.09. The summed E-state index contributed by atoms with van der Waals surface area (Å²) in [6.07, 6.45) is 0.870. The third-order valence-electron chi connectivity index (χ3n) is 3.68. The first-order valence-corrected chi connectivity index (χ1v) is 6.09. The maximum Gasteiger partial charge on any atom is 0.137 e. The molecule has 2 atom stereocenters. The number of Topliss-reactive ketones (excluding diaryl/α,β-unsaturated/α-hetero) is 2. The van der Waals surface area contributed by atoms with E-state index in [1.165, 1.54) is 0 Å². The second kappa shape index (κ2) is 3.97. The monoisotopic (exact) mass is 224 g/mol. The van der Waals surface area contributed by atoms with E-state index < -0.39 is 0 Å². The van der Waals surface area contributed by atoms with Gasteiger partial charge in [-0.25, -0.2) is 0 Å². The van der Waals surface area contributed by atoms with Gasteiger partial charge in [-0.3, -0.25) is 9.59 Å². The number of carbonyl (C=O) groups excluding carboxylic acids is 2. The number of carbonyl (C=O) groups is 2. The van der Waals surface area contributed by atoms with Gasteiger partial charge in [-0.05, 0) is 10.8 Å². The van der Waals surface area contributed by atoms with Crippen LogP contribution in [0.1, 0.15) is 54.4 Å². The van der Waals surface area contributed by atoms with Crippen LogP contribution >= 0.6 is 0 Å². The summed E-state index contributed by atoms with van der Waals surface area (Å²) in [6, 6.07) is 0. The molecule has 1 fully saturated rings. The molecule has 1 saturated carbocycles. The second-order valence-electron chi connectivity index (χ2n) is 7.18. The lowest BCUT2D eigenvalue weighted by molar-refractivity contribution is -0.143. The molecule has 1 rings (SSSR count). The molecule has 0 aromatic rings. The van der Waals surface area contributed by atoms with E-state index in [2.05, 4.69) is 0 Å². The molecule has 16 heavy (non-hydrogen) atoms. The highest BCUT2D eigenvalue weighted by atomic mass is 16.1. The lowest BCUT2D eigenvalue weighted by Crippen LogP contribution is -2.43. The van der Waals surface area contributed by atoms with E-state index >= 15 is 0 Å². The van der Waals surface area contributed by atoms with Crippen LogP contribution in [0.15, 0.2) is 0 Å². The predicted octanol–water partition coefficient (Wildman–Crippen LogP) is 3.24. The van der Waals surface area contributed by atoms with Gasteiger partial charge >= 0.3 is 0 Å². The van der Waals surface area contributed by atoms with Crippen molar-refractivity contribution in [3.05, 3.63) is 0 Å². The lowest BCUT2D eigenvalue weighted by atomic mass is 9.63. The molecular formula is C14H24O2. The van der Waals surface area contributed by atoms with Gasteiger partial charge in [0.05, 0.1) is 0 Å². The Morgan fingerprint density at radius 3 is 1.19 bits per heavy atom. The van der Waals surface area contributed by atoms with Gasteiger partial charge in [0.1, 0.15) is 11.6 Å².